The first-order chi connectivity index (χ1) is 28.6. The lowest BCUT2D eigenvalue weighted by molar-refractivity contribution is 0.0854. The lowest BCUT2D eigenvalue weighted by atomic mass is 10.1. The third-order valence-corrected chi connectivity index (χ3v) is 9.98. The molecular formula is C42H46N12O5. The van der Waals surface area contributed by atoms with E-state index in [-0.39, 0.29) is 52.6 Å². The minimum absolute atomic E-state index is 0.0476. The lowest BCUT2D eigenvalue weighted by Crippen LogP contribution is -2.25. The number of hydrogen-bond donors (Lipinski definition) is 6. The van der Waals surface area contributed by atoms with E-state index >= 15 is 0 Å². The average Bonchev–Trinajstić information content (AvgIpc) is 4.08. The quantitative estimate of drug-likeness (QED) is 0.0842. The Morgan fingerprint density at radius 1 is 0.780 bits per heavy atom. The van der Waals surface area contributed by atoms with Crippen LogP contribution in [0.1, 0.15) is 65.8 Å². The highest BCUT2D eigenvalue weighted by atomic mass is 16.5. The molecule has 9 rings (SSSR count). The Hall–Kier alpha value is -7.01. The summed E-state index contributed by atoms with van der Waals surface area (Å²) in [6, 6.07) is 10.6. The average molecular weight is 799 g/mol. The molecule has 2 saturated carbocycles. The SMILES string of the molecule is CCOC(C)CNc1nccn2c(-c3ccc(C(=O)NC4CC4)c(O)c3)cnc12.Cn1cc(CNc2nccn3c(-c4ccc(C(=O)NC5CC5)c(O)c4)cnc23)cn1. The molecule has 1 unspecified atom stereocenters. The molecule has 0 spiro atoms. The van der Waals surface area contributed by atoms with E-state index in [0.29, 0.717) is 42.6 Å². The largest absolute Gasteiger partial charge is 0.507 e. The van der Waals surface area contributed by atoms with Crippen molar-refractivity contribution in [2.24, 2.45) is 7.05 Å². The van der Waals surface area contributed by atoms with Crippen molar-refractivity contribution in [3.05, 3.63) is 103 Å². The predicted octanol–water partition coefficient (Wildman–Crippen LogP) is 5.17. The normalized spacial score (nSPS) is 14.1. The van der Waals surface area contributed by atoms with E-state index < -0.39 is 0 Å². The number of hydrogen-bond acceptors (Lipinski definition) is 12. The van der Waals surface area contributed by atoms with Crippen LogP contribution in [0.3, 0.4) is 0 Å². The van der Waals surface area contributed by atoms with Crippen LogP contribution >= 0.6 is 0 Å². The number of benzene rings is 2. The van der Waals surface area contributed by atoms with Crippen molar-refractivity contribution in [3.63, 3.8) is 0 Å². The second-order valence-electron chi connectivity index (χ2n) is 14.7. The smallest absolute Gasteiger partial charge is 0.255 e. The van der Waals surface area contributed by atoms with E-state index in [1.807, 2.05) is 60.4 Å². The van der Waals surface area contributed by atoms with Crippen LogP contribution in [0.5, 0.6) is 11.5 Å². The molecule has 0 saturated heterocycles. The van der Waals surface area contributed by atoms with Crippen molar-refractivity contribution < 1.29 is 24.5 Å². The highest BCUT2D eigenvalue weighted by molar-refractivity contribution is 5.98. The van der Waals surface area contributed by atoms with Crippen LogP contribution in [0.2, 0.25) is 0 Å². The van der Waals surface area contributed by atoms with E-state index in [1.165, 1.54) is 0 Å². The van der Waals surface area contributed by atoms with Crippen LogP contribution in [0.15, 0.2) is 86.0 Å². The molecule has 17 nitrogen and oxygen atoms in total. The summed E-state index contributed by atoms with van der Waals surface area (Å²) in [5.74, 6) is 0.727. The maximum atomic E-state index is 12.3. The van der Waals surface area contributed by atoms with E-state index in [1.54, 1.807) is 59.9 Å². The molecule has 304 valence electrons. The Labute approximate surface area is 339 Å². The summed E-state index contributed by atoms with van der Waals surface area (Å²) in [6.07, 6.45) is 18.3. The molecule has 2 aliphatic carbocycles. The van der Waals surface area contributed by atoms with E-state index in [9.17, 15) is 19.8 Å². The number of aromatic hydroxyl groups is 2. The zero-order valence-corrected chi connectivity index (χ0v) is 33.0. The molecule has 7 aromatic rings. The number of nitrogens with zero attached hydrogens (tertiary/aromatic N) is 8. The second kappa shape index (κ2) is 16.8. The molecule has 5 heterocycles. The summed E-state index contributed by atoms with van der Waals surface area (Å²) in [5, 5.41) is 37.3. The van der Waals surface area contributed by atoms with E-state index in [0.717, 1.165) is 53.8 Å². The molecular weight excluding hydrogens is 753 g/mol. The fourth-order valence-corrected chi connectivity index (χ4v) is 6.60. The molecule has 2 aromatic carbocycles. The molecule has 0 aliphatic heterocycles. The zero-order valence-electron chi connectivity index (χ0n) is 33.0. The third-order valence-electron chi connectivity index (χ3n) is 9.98. The third kappa shape index (κ3) is 8.94. The lowest BCUT2D eigenvalue weighted by Gasteiger charge is -2.13. The van der Waals surface area contributed by atoms with Crippen LogP contribution in [0.4, 0.5) is 11.6 Å². The maximum absolute atomic E-state index is 12.3. The summed E-state index contributed by atoms with van der Waals surface area (Å²) in [4.78, 5) is 42.3. The van der Waals surface area contributed by atoms with Crippen LogP contribution in [-0.2, 0) is 18.3 Å². The van der Waals surface area contributed by atoms with Crippen LogP contribution in [0, 0.1) is 0 Å². The first-order valence-electron chi connectivity index (χ1n) is 19.6. The molecule has 2 fully saturated rings. The van der Waals surface area contributed by atoms with Gasteiger partial charge in [-0.2, -0.15) is 5.10 Å². The standard InChI is InChI=1S/C21H21N7O2.C21H25N5O3/c1-27-12-13(10-25-27)9-23-19-20-24-11-17(28(20)7-6-22-19)14-2-5-16(18(29)8-14)21(30)26-15-3-4-15;1-3-29-13(2)11-23-19-20-24-12-17(26(20)9-8-22-19)14-4-7-16(18(27)10-14)21(28)25-15-5-6-15/h2,5-8,10-12,15,29H,3-4,9H2,1H3,(H,22,23)(H,26,30);4,7-10,12-13,15,27H,3,5-6,11H2,1-2H3,(H,22,23)(H,25,28). The van der Waals surface area contributed by atoms with Crippen molar-refractivity contribution in [2.75, 3.05) is 23.8 Å². The van der Waals surface area contributed by atoms with Gasteiger partial charge in [-0.3, -0.25) is 23.1 Å². The highest BCUT2D eigenvalue weighted by Gasteiger charge is 2.26. The first-order valence-corrected chi connectivity index (χ1v) is 19.6. The number of fused-ring (bicyclic) bond motifs is 2. The molecule has 0 bridgehead atoms. The minimum atomic E-state index is -0.245. The van der Waals surface area contributed by atoms with Crippen LogP contribution in [0.25, 0.3) is 33.8 Å². The Balaban J connectivity index is 0.000000164. The van der Waals surface area contributed by atoms with Crippen molar-refractivity contribution in [3.8, 4) is 34.0 Å². The Morgan fingerprint density at radius 2 is 1.31 bits per heavy atom. The predicted molar refractivity (Wildman–Crippen MR) is 221 cm³/mol. The molecule has 1 atom stereocenters. The summed E-state index contributed by atoms with van der Waals surface area (Å²) >= 11 is 0. The number of phenolic OH excluding ortho intramolecular Hbond substituents is 2. The number of carbonyl (C=O) groups excluding carboxylic acids is 2. The van der Waals surface area contributed by atoms with Gasteiger partial charge in [0, 0.05) is 86.5 Å². The number of aryl methyl sites for hydroxylation is 1. The fraction of sp³-hybridized carbons (Fsp3) is 0.310. The number of anilines is 2. The molecule has 2 aliphatic rings. The monoisotopic (exact) mass is 798 g/mol. The molecule has 17 heteroatoms. The van der Waals surface area contributed by atoms with E-state index in [4.69, 9.17) is 4.74 Å². The molecule has 2 amide bonds. The maximum Gasteiger partial charge on any atom is 0.255 e. The van der Waals surface area contributed by atoms with Gasteiger partial charge in [-0.1, -0.05) is 12.1 Å². The summed E-state index contributed by atoms with van der Waals surface area (Å²) in [5.41, 5.74) is 6.06. The van der Waals surface area contributed by atoms with Crippen LogP contribution in [-0.4, -0.2) is 91.9 Å². The van der Waals surface area contributed by atoms with Gasteiger partial charge in [0.25, 0.3) is 11.8 Å². The van der Waals surface area contributed by atoms with Crippen LogP contribution < -0.4 is 21.3 Å². The molecule has 6 N–H and O–H groups in total. The van der Waals surface area contributed by atoms with Gasteiger partial charge in [0.15, 0.2) is 22.9 Å². The van der Waals surface area contributed by atoms with Crippen molar-refractivity contribution in [1.29, 1.82) is 0 Å². The van der Waals surface area contributed by atoms with Gasteiger partial charge in [0.1, 0.15) is 11.5 Å². The number of aromatic nitrogens is 8. The number of amides is 2. The van der Waals surface area contributed by atoms with Crippen molar-refractivity contribution >= 4 is 34.7 Å². The van der Waals surface area contributed by atoms with Crippen molar-refractivity contribution in [2.45, 2.75) is 64.3 Å². The first kappa shape index (κ1) is 38.8. The number of carbonyl (C=O) groups is 2. The number of imidazole rings is 2. The van der Waals surface area contributed by atoms with Gasteiger partial charge in [-0.05, 0) is 63.8 Å². The Morgan fingerprint density at radius 3 is 1.76 bits per heavy atom. The Bertz CT molecular complexity index is 2630. The molecule has 59 heavy (non-hydrogen) atoms. The number of ether oxygens (including phenoxy) is 1. The second-order valence-corrected chi connectivity index (χ2v) is 14.7. The van der Waals surface area contributed by atoms with Gasteiger partial charge in [0.2, 0.25) is 0 Å². The molecule has 0 radical (unpaired) electrons. The Kier molecular flexibility index (Phi) is 11.1. The number of nitrogens with one attached hydrogen (secondary N) is 4. The summed E-state index contributed by atoms with van der Waals surface area (Å²) in [6.45, 7) is 5.82. The van der Waals surface area contributed by atoms with Gasteiger partial charge in [-0.25, -0.2) is 19.9 Å². The highest BCUT2D eigenvalue weighted by Crippen LogP contribution is 2.31. The van der Waals surface area contributed by atoms with Gasteiger partial charge in [0.05, 0.1) is 47.2 Å². The molecule has 5 aromatic heterocycles. The van der Waals surface area contributed by atoms with Gasteiger partial charge < -0.3 is 36.2 Å². The van der Waals surface area contributed by atoms with Gasteiger partial charge >= 0.3 is 0 Å². The van der Waals surface area contributed by atoms with E-state index in [2.05, 4.69) is 46.3 Å². The number of rotatable bonds is 14. The fourth-order valence-electron chi connectivity index (χ4n) is 6.60. The summed E-state index contributed by atoms with van der Waals surface area (Å²) in [7, 11) is 1.87. The minimum Gasteiger partial charge on any atom is -0.507 e. The summed E-state index contributed by atoms with van der Waals surface area (Å²) < 4.78 is 11.1. The zero-order chi connectivity index (χ0) is 41.0. The van der Waals surface area contributed by atoms with Gasteiger partial charge in [-0.15, -0.1) is 0 Å². The number of phenols is 2. The van der Waals surface area contributed by atoms with Crippen molar-refractivity contribution in [1.82, 2.24) is 49.2 Å². The topological polar surface area (TPSA) is 210 Å².